The monoisotopic (exact) mass is 291 g/mol. The number of aryl methyl sites for hydroxylation is 1. The number of carbonyl (C=O) groups excluding carboxylic acids is 1. The molecule has 0 radical (unpaired) electrons. The number of rotatable bonds is 6. The van der Waals surface area contributed by atoms with Gasteiger partial charge in [-0.05, 0) is 6.07 Å². The number of aromatic nitrogens is 3. The van der Waals surface area contributed by atoms with Crippen molar-refractivity contribution < 1.29 is 14.3 Å². The Bertz CT molecular complexity index is 582. The van der Waals surface area contributed by atoms with E-state index in [1.165, 1.54) is 6.20 Å². The van der Waals surface area contributed by atoms with Crippen LogP contribution in [0.3, 0.4) is 0 Å². The largest absolute Gasteiger partial charge is 0.475 e. The molecule has 112 valence electrons. The summed E-state index contributed by atoms with van der Waals surface area (Å²) in [7, 11) is 3.37. The van der Waals surface area contributed by atoms with Crippen LogP contribution < -0.4 is 15.4 Å². The van der Waals surface area contributed by atoms with Gasteiger partial charge in [-0.25, -0.2) is 9.78 Å². The fraction of sp³-hybridized carbons (Fsp3) is 0.308. The number of ether oxygens (including phenoxy) is 2. The minimum absolute atomic E-state index is 0.363. The third-order valence-electron chi connectivity index (χ3n) is 2.49. The van der Waals surface area contributed by atoms with Gasteiger partial charge in [-0.2, -0.15) is 5.10 Å². The van der Waals surface area contributed by atoms with Crippen LogP contribution in [0.25, 0.3) is 0 Å². The number of nitrogens with one attached hydrogen (secondary N) is 2. The van der Waals surface area contributed by atoms with Gasteiger partial charge in [0.25, 0.3) is 0 Å². The van der Waals surface area contributed by atoms with Crippen molar-refractivity contribution in [1.82, 2.24) is 14.8 Å². The molecular formula is C13H17N5O3. The van der Waals surface area contributed by atoms with Crippen LogP contribution in [0.15, 0.2) is 30.7 Å². The Morgan fingerprint density at radius 3 is 2.67 bits per heavy atom. The number of hydrogen-bond acceptors (Lipinski definition) is 5. The van der Waals surface area contributed by atoms with E-state index in [9.17, 15) is 4.79 Å². The summed E-state index contributed by atoms with van der Waals surface area (Å²) in [6.45, 7) is 0.924. The third-order valence-corrected chi connectivity index (χ3v) is 2.49. The number of urea groups is 1. The molecule has 8 nitrogen and oxygen atoms in total. The highest BCUT2D eigenvalue weighted by molar-refractivity contribution is 5.99. The molecule has 0 fully saturated rings. The molecule has 0 aromatic carbocycles. The van der Waals surface area contributed by atoms with Crippen LogP contribution in [0.1, 0.15) is 0 Å². The van der Waals surface area contributed by atoms with Crippen molar-refractivity contribution >= 4 is 17.4 Å². The van der Waals surface area contributed by atoms with Gasteiger partial charge in [-0.15, -0.1) is 0 Å². The predicted molar refractivity (Wildman–Crippen MR) is 77.5 cm³/mol. The molecule has 2 aromatic rings. The summed E-state index contributed by atoms with van der Waals surface area (Å²) in [6, 6.07) is 3.02. The van der Waals surface area contributed by atoms with Crippen molar-refractivity contribution in [3.63, 3.8) is 0 Å². The second-order valence-electron chi connectivity index (χ2n) is 4.21. The van der Waals surface area contributed by atoms with Crippen LogP contribution >= 0.6 is 0 Å². The minimum Gasteiger partial charge on any atom is -0.475 e. The van der Waals surface area contributed by atoms with E-state index < -0.39 is 0 Å². The molecule has 0 saturated carbocycles. The van der Waals surface area contributed by atoms with Crippen LogP contribution in [-0.2, 0) is 11.8 Å². The number of carbonyl (C=O) groups is 1. The first-order valence-electron chi connectivity index (χ1n) is 6.32. The molecule has 0 unspecified atom stereocenters. The van der Waals surface area contributed by atoms with Crippen LogP contribution in [0.4, 0.5) is 16.2 Å². The topological polar surface area (TPSA) is 90.3 Å². The minimum atomic E-state index is -0.363. The molecular weight excluding hydrogens is 274 g/mol. The molecule has 21 heavy (non-hydrogen) atoms. The lowest BCUT2D eigenvalue weighted by atomic mass is 10.4. The van der Waals surface area contributed by atoms with Crippen LogP contribution in [0, 0.1) is 0 Å². The maximum atomic E-state index is 11.8. The molecule has 0 atom stereocenters. The van der Waals surface area contributed by atoms with Crippen molar-refractivity contribution in [2.75, 3.05) is 31.0 Å². The van der Waals surface area contributed by atoms with Crippen molar-refractivity contribution in [2.45, 2.75) is 0 Å². The normalized spacial score (nSPS) is 10.2. The summed E-state index contributed by atoms with van der Waals surface area (Å²) >= 11 is 0. The fourth-order valence-electron chi connectivity index (χ4n) is 1.55. The first-order valence-corrected chi connectivity index (χ1v) is 6.32. The zero-order valence-corrected chi connectivity index (χ0v) is 11.9. The standard InChI is InChI=1S/C13H17N5O3/c1-18-9-11(8-15-18)17-13(19)16-10-3-4-12(14-7-10)21-6-5-20-2/h3-4,7-9H,5-6H2,1-2H3,(H2,16,17,19). The lowest BCUT2D eigenvalue weighted by molar-refractivity contribution is 0.144. The molecule has 2 heterocycles. The number of anilines is 2. The van der Waals surface area contributed by atoms with Gasteiger partial charge < -0.3 is 20.1 Å². The molecule has 2 N–H and O–H groups in total. The van der Waals surface area contributed by atoms with E-state index in [1.54, 1.807) is 43.4 Å². The summed E-state index contributed by atoms with van der Waals surface area (Å²) in [5.41, 5.74) is 1.18. The molecule has 2 amide bonds. The van der Waals surface area contributed by atoms with Gasteiger partial charge in [0.05, 0.1) is 30.4 Å². The Morgan fingerprint density at radius 1 is 1.24 bits per heavy atom. The molecule has 0 aliphatic rings. The first kappa shape index (κ1) is 14.8. The lowest BCUT2D eigenvalue weighted by Crippen LogP contribution is -2.19. The van der Waals surface area contributed by atoms with E-state index in [0.29, 0.717) is 30.5 Å². The van der Waals surface area contributed by atoms with Crippen molar-refractivity contribution in [3.05, 3.63) is 30.7 Å². The van der Waals surface area contributed by atoms with E-state index in [2.05, 4.69) is 20.7 Å². The van der Waals surface area contributed by atoms with E-state index in [1.807, 2.05) is 0 Å². The van der Waals surface area contributed by atoms with E-state index in [0.717, 1.165) is 0 Å². The Morgan fingerprint density at radius 2 is 2.05 bits per heavy atom. The average molecular weight is 291 g/mol. The first-order chi connectivity index (χ1) is 10.2. The van der Waals surface area contributed by atoms with Gasteiger partial charge >= 0.3 is 6.03 Å². The zero-order valence-electron chi connectivity index (χ0n) is 11.9. The maximum Gasteiger partial charge on any atom is 0.323 e. The van der Waals surface area contributed by atoms with E-state index >= 15 is 0 Å². The highest BCUT2D eigenvalue weighted by atomic mass is 16.5. The third kappa shape index (κ3) is 4.77. The molecule has 0 aliphatic carbocycles. The van der Waals surface area contributed by atoms with Crippen LogP contribution in [0.5, 0.6) is 5.88 Å². The number of hydrogen-bond donors (Lipinski definition) is 2. The fourth-order valence-corrected chi connectivity index (χ4v) is 1.55. The Balaban J connectivity index is 1.83. The van der Waals surface area contributed by atoms with Gasteiger partial charge in [0, 0.05) is 26.4 Å². The molecule has 0 saturated heterocycles. The van der Waals surface area contributed by atoms with E-state index in [4.69, 9.17) is 9.47 Å². The molecule has 0 spiro atoms. The summed E-state index contributed by atoms with van der Waals surface area (Å²) in [4.78, 5) is 15.8. The SMILES string of the molecule is COCCOc1ccc(NC(=O)Nc2cnn(C)c2)cn1. The molecule has 0 bridgehead atoms. The van der Waals surface area contributed by atoms with Gasteiger partial charge in [-0.1, -0.05) is 0 Å². The predicted octanol–water partition coefficient (Wildman–Crippen LogP) is 1.48. The maximum absolute atomic E-state index is 11.8. The smallest absolute Gasteiger partial charge is 0.323 e. The second kappa shape index (κ2) is 7.25. The van der Waals surface area contributed by atoms with Crippen LogP contribution in [0.2, 0.25) is 0 Å². The Labute approximate surface area is 122 Å². The number of amides is 2. The Hall–Kier alpha value is -2.61. The van der Waals surface area contributed by atoms with Gasteiger partial charge in [-0.3, -0.25) is 4.68 Å². The highest BCUT2D eigenvalue weighted by Gasteiger charge is 2.04. The van der Waals surface area contributed by atoms with Crippen molar-refractivity contribution in [1.29, 1.82) is 0 Å². The van der Waals surface area contributed by atoms with Crippen molar-refractivity contribution in [2.24, 2.45) is 7.05 Å². The zero-order chi connectivity index (χ0) is 15.1. The molecule has 0 aliphatic heterocycles. The second-order valence-corrected chi connectivity index (χ2v) is 4.21. The van der Waals surface area contributed by atoms with Gasteiger partial charge in [0.2, 0.25) is 5.88 Å². The molecule has 2 aromatic heterocycles. The quantitative estimate of drug-likeness (QED) is 0.787. The summed E-state index contributed by atoms with van der Waals surface area (Å²) in [5, 5.41) is 9.28. The lowest BCUT2D eigenvalue weighted by Gasteiger charge is -2.07. The van der Waals surface area contributed by atoms with Crippen molar-refractivity contribution in [3.8, 4) is 5.88 Å². The average Bonchev–Trinajstić information content (AvgIpc) is 2.86. The summed E-state index contributed by atoms with van der Waals surface area (Å²) in [5.74, 6) is 0.477. The molecule has 2 rings (SSSR count). The Kier molecular flexibility index (Phi) is 5.10. The van der Waals surface area contributed by atoms with Gasteiger partial charge in [0.1, 0.15) is 6.61 Å². The van der Waals surface area contributed by atoms with E-state index in [-0.39, 0.29) is 6.03 Å². The number of methoxy groups -OCH3 is 1. The number of nitrogens with zero attached hydrogens (tertiary/aromatic N) is 3. The summed E-state index contributed by atoms with van der Waals surface area (Å²) in [6.07, 6.45) is 4.78. The van der Waals surface area contributed by atoms with Gasteiger partial charge in [0.15, 0.2) is 0 Å². The summed E-state index contributed by atoms with van der Waals surface area (Å²) < 4.78 is 11.8. The highest BCUT2D eigenvalue weighted by Crippen LogP contribution is 2.12. The molecule has 8 heteroatoms. The van der Waals surface area contributed by atoms with Crippen LogP contribution in [-0.4, -0.2) is 41.1 Å². The number of pyridine rings is 1.